The van der Waals surface area contributed by atoms with Gasteiger partial charge in [0.25, 0.3) is 0 Å². The van der Waals surface area contributed by atoms with Crippen LogP contribution in [0, 0.1) is 5.21 Å². The molecule has 1 saturated heterocycles. The zero-order valence-corrected chi connectivity index (χ0v) is 8.83. The fraction of sp³-hybridized carbons (Fsp3) is 0.750. The Morgan fingerprint density at radius 1 is 1.43 bits per heavy atom. The van der Waals surface area contributed by atoms with E-state index in [1.807, 2.05) is 0 Å². The van der Waals surface area contributed by atoms with Crippen molar-refractivity contribution in [1.29, 1.82) is 0 Å². The Morgan fingerprint density at radius 3 is 2.21 bits per heavy atom. The lowest BCUT2D eigenvalue weighted by Gasteiger charge is -2.31. The minimum atomic E-state index is -1.02. The third kappa shape index (κ3) is 1.75. The van der Waals surface area contributed by atoms with Gasteiger partial charge in [0.15, 0.2) is 0 Å². The van der Waals surface area contributed by atoms with Crippen molar-refractivity contribution in [2.45, 2.75) is 38.9 Å². The second-order valence-electron chi connectivity index (χ2n) is 4.45. The Bertz CT molecular complexity index is 261. The van der Waals surface area contributed by atoms with Gasteiger partial charge in [0.05, 0.1) is 11.2 Å². The van der Waals surface area contributed by atoms with Crippen molar-refractivity contribution < 1.29 is 15.6 Å². The lowest BCUT2D eigenvalue weighted by Crippen LogP contribution is -2.99. The molecule has 4 N–H and O–H groups in total. The first-order chi connectivity index (χ1) is 6.18. The van der Waals surface area contributed by atoms with E-state index in [1.54, 1.807) is 27.7 Å². The van der Waals surface area contributed by atoms with Gasteiger partial charge in [-0.15, -0.1) is 0 Å². The van der Waals surface area contributed by atoms with Crippen LogP contribution >= 0.6 is 0 Å². The average molecular weight is 203 g/mol. The Kier molecular flexibility index (Phi) is 2.59. The second kappa shape index (κ2) is 3.18. The fourth-order valence-corrected chi connectivity index (χ4v) is 1.68. The summed E-state index contributed by atoms with van der Waals surface area (Å²) in [4.78, 5) is 0. The smallest absolute Gasteiger partial charge is 0.148 e. The van der Waals surface area contributed by atoms with E-state index in [-0.39, 0.29) is 0 Å². The molecule has 0 aromatic rings. The van der Waals surface area contributed by atoms with Crippen molar-refractivity contribution >= 4 is 0 Å². The van der Waals surface area contributed by atoms with E-state index in [4.69, 9.17) is 5.21 Å². The standard InChI is InChI=1S/C8H17N3O3/c1-7(2)6(5-10(12)13)9-8(3,4)11(7)14/h5,9-10,12,14H,1-4H3/b6-5+. The zero-order valence-electron chi connectivity index (χ0n) is 8.83. The predicted octanol–water partition coefficient (Wildman–Crippen LogP) is -0.591. The van der Waals surface area contributed by atoms with E-state index >= 15 is 0 Å². The molecular formula is C8H17N3O3. The molecule has 1 aliphatic rings. The Hall–Kier alpha value is -0.660. The van der Waals surface area contributed by atoms with Gasteiger partial charge in [0.1, 0.15) is 11.9 Å². The second-order valence-corrected chi connectivity index (χ2v) is 4.45. The highest BCUT2D eigenvalue weighted by Crippen LogP contribution is 2.33. The van der Waals surface area contributed by atoms with E-state index in [9.17, 15) is 10.4 Å². The number of quaternary nitrogens is 1. The molecule has 1 aliphatic heterocycles. The first-order valence-corrected chi connectivity index (χ1v) is 4.40. The number of nitrogens with one attached hydrogen (secondary N) is 2. The van der Waals surface area contributed by atoms with Crippen molar-refractivity contribution in [2.24, 2.45) is 0 Å². The van der Waals surface area contributed by atoms with Crippen LogP contribution in [0.3, 0.4) is 0 Å². The predicted molar refractivity (Wildman–Crippen MR) is 49.1 cm³/mol. The summed E-state index contributed by atoms with van der Waals surface area (Å²) in [6.07, 6.45) is 1.08. The van der Waals surface area contributed by atoms with E-state index in [1.165, 1.54) is 0 Å². The molecule has 14 heavy (non-hydrogen) atoms. The zero-order chi connectivity index (χ0) is 11.1. The molecular weight excluding hydrogens is 186 g/mol. The molecule has 82 valence electrons. The van der Waals surface area contributed by atoms with Crippen LogP contribution in [0.25, 0.3) is 0 Å². The summed E-state index contributed by atoms with van der Waals surface area (Å²) < 4.78 is 0. The first-order valence-electron chi connectivity index (χ1n) is 4.40. The van der Waals surface area contributed by atoms with Crippen molar-refractivity contribution in [3.8, 4) is 0 Å². The van der Waals surface area contributed by atoms with Crippen LogP contribution in [0.15, 0.2) is 11.9 Å². The molecule has 1 rings (SSSR count). The summed E-state index contributed by atoms with van der Waals surface area (Å²) in [5.41, 5.74) is -0.857. The fourth-order valence-electron chi connectivity index (χ4n) is 1.68. The number of rotatable bonds is 1. The topological polar surface area (TPSA) is 83.2 Å². The van der Waals surface area contributed by atoms with Crippen LogP contribution < -0.4 is 10.5 Å². The van der Waals surface area contributed by atoms with Gasteiger partial charge in [-0.1, -0.05) is 0 Å². The minimum absolute atomic E-state index is 0.498. The molecule has 0 spiro atoms. The molecule has 0 amide bonds. The summed E-state index contributed by atoms with van der Waals surface area (Å²) in [6.45, 7) is 7.06. The van der Waals surface area contributed by atoms with Crippen LogP contribution in [0.5, 0.6) is 0 Å². The monoisotopic (exact) mass is 203 g/mol. The van der Waals surface area contributed by atoms with Crippen LogP contribution in [0.1, 0.15) is 27.7 Å². The van der Waals surface area contributed by atoms with E-state index in [0.717, 1.165) is 11.3 Å². The number of hydrogen-bond acceptors (Lipinski definition) is 5. The van der Waals surface area contributed by atoms with Gasteiger partial charge >= 0.3 is 0 Å². The van der Waals surface area contributed by atoms with Crippen molar-refractivity contribution in [2.75, 3.05) is 0 Å². The summed E-state index contributed by atoms with van der Waals surface area (Å²) in [5.74, 6) is 0. The molecule has 0 aliphatic carbocycles. The molecule has 0 saturated carbocycles. The van der Waals surface area contributed by atoms with Gasteiger partial charge in [-0.05, 0) is 27.7 Å². The van der Waals surface area contributed by atoms with Crippen LogP contribution in [-0.2, 0) is 0 Å². The molecule has 0 radical (unpaired) electrons. The average Bonchev–Trinajstić information content (AvgIpc) is 2.12. The highest BCUT2D eigenvalue weighted by atomic mass is 16.8. The lowest BCUT2D eigenvalue weighted by atomic mass is 10.0. The maximum absolute atomic E-state index is 10.5. The maximum Gasteiger partial charge on any atom is 0.148 e. The summed E-state index contributed by atoms with van der Waals surface area (Å²) in [7, 11) is 0. The third-order valence-electron chi connectivity index (χ3n) is 2.43. The van der Waals surface area contributed by atoms with Gasteiger partial charge in [0.2, 0.25) is 0 Å². The maximum atomic E-state index is 10.5. The van der Waals surface area contributed by atoms with Crippen molar-refractivity contribution in [3.05, 3.63) is 17.1 Å². The molecule has 1 unspecified atom stereocenters. The van der Waals surface area contributed by atoms with Gasteiger partial charge in [-0.3, -0.25) is 0 Å². The third-order valence-corrected chi connectivity index (χ3v) is 2.43. The Morgan fingerprint density at radius 2 is 1.93 bits per heavy atom. The molecule has 1 heterocycles. The molecule has 6 heteroatoms. The lowest BCUT2D eigenvalue weighted by molar-refractivity contribution is -1.00. The van der Waals surface area contributed by atoms with Gasteiger partial charge < -0.3 is 15.7 Å². The number of hydrogen-bond donors (Lipinski definition) is 4. The molecule has 0 bridgehead atoms. The number of hydroxylamine groups is 4. The molecule has 0 aromatic heterocycles. The summed E-state index contributed by atoms with van der Waals surface area (Å²) >= 11 is 0. The van der Waals surface area contributed by atoms with Crippen LogP contribution in [0.2, 0.25) is 0 Å². The normalized spacial score (nSPS) is 30.4. The SMILES string of the molecule is CC1(C)N/C(=C/[NH+]([O-])O)C(C)(C)N1O. The summed E-state index contributed by atoms with van der Waals surface area (Å²) in [6, 6.07) is 0. The molecule has 1 fully saturated rings. The van der Waals surface area contributed by atoms with E-state index < -0.39 is 16.4 Å². The molecule has 1 atom stereocenters. The van der Waals surface area contributed by atoms with Crippen LogP contribution in [0.4, 0.5) is 0 Å². The quantitative estimate of drug-likeness (QED) is 0.428. The first kappa shape index (κ1) is 11.4. The highest BCUT2D eigenvalue weighted by molar-refractivity contribution is 5.21. The van der Waals surface area contributed by atoms with Gasteiger partial charge in [-0.25, -0.2) is 5.21 Å². The van der Waals surface area contributed by atoms with Crippen molar-refractivity contribution in [3.63, 3.8) is 0 Å². The Labute approximate surface area is 82.9 Å². The molecule has 0 aromatic carbocycles. The van der Waals surface area contributed by atoms with Gasteiger partial charge in [0, 0.05) is 0 Å². The van der Waals surface area contributed by atoms with Gasteiger partial charge in [-0.2, -0.15) is 10.3 Å². The minimum Gasteiger partial charge on any atom is -0.595 e. The van der Waals surface area contributed by atoms with E-state index in [0.29, 0.717) is 5.70 Å². The number of nitrogens with zero attached hydrogens (tertiary/aromatic N) is 1. The largest absolute Gasteiger partial charge is 0.595 e. The Balaban J connectivity index is 3.03. The molecule has 6 nitrogen and oxygen atoms in total. The summed E-state index contributed by atoms with van der Waals surface area (Å²) in [5, 5.41) is 32.1. The highest BCUT2D eigenvalue weighted by Gasteiger charge is 2.48. The van der Waals surface area contributed by atoms with Crippen LogP contribution in [-0.4, -0.2) is 26.7 Å². The van der Waals surface area contributed by atoms with E-state index in [2.05, 4.69) is 5.32 Å². The van der Waals surface area contributed by atoms with Crippen molar-refractivity contribution in [1.82, 2.24) is 10.4 Å².